The van der Waals surface area contributed by atoms with Gasteiger partial charge >= 0.3 is 12.3 Å². The standard InChI is InChI=1S/C11H13ClF4N4/c1-3-20-9-8(6(2)18-20)17-7(4-12)19(9)5-11(15,16)10(13)14/h10H,3-5H2,1-2H3. The quantitative estimate of drug-likeness (QED) is 0.628. The second kappa shape index (κ2) is 5.23. The van der Waals surface area contributed by atoms with E-state index < -0.39 is 18.9 Å². The summed E-state index contributed by atoms with van der Waals surface area (Å²) in [6.07, 6.45) is -3.75. The van der Waals surface area contributed by atoms with Crippen molar-refractivity contribution in [1.82, 2.24) is 19.3 Å². The summed E-state index contributed by atoms with van der Waals surface area (Å²) in [5.74, 6) is -4.16. The van der Waals surface area contributed by atoms with E-state index in [1.54, 1.807) is 13.8 Å². The Kier molecular flexibility index (Phi) is 3.95. The van der Waals surface area contributed by atoms with Crippen LogP contribution >= 0.6 is 11.6 Å². The minimum atomic E-state index is -4.15. The minimum absolute atomic E-state index is 0.129. The van der Waals surface area contributed by atoms with Crippen LogP contribution in [0.3, 0.4) is 0 Å². The van der Waals surface area contributed by atoms with Crippen LogP contribution in [0.5, 0.6) is 0 Å². The Morgan fingerprint density at radius 2 is 2.00 bits per heavy atom. The van der Waals surface area contributed by atoms with Crippen LogP contribution in [-0.2, 0) is 19.0 Å². The first-order valence-corrected chi connectivity index (χ1v) is 6.49. The lowest BCUT2D eigenvalue weighted by atomic mass is 10.3. The molecule has 112 valence electrons. The van der Waals surface area contributed by atoms with Crippen molar-refractivity contribution >= 4 is 22.8 Å². The number of hydrogen-bond acceptors (Lipinski definition) is 2. The van der Waals surface area contributed by atoms with Crippen LogP contribution in [-0.4, -0.2) is 31.7 Å². The molecule has 0 saturated heterocycles. The van der Waals surface area contributed by atoms with Gasteiger partial charge in [-0.15, -0.1) is 11.6 Å². The molecule has 2 heterocycles. The summed E-state index contributed by atoms with van der Waals surface area (Å²) >= 11 is 5.67. The normalized spacial score (nSPS) is 12.8. The van der Waals surface area contributed by atoms with Crippen LogP contribution in [0.15, 0.2) is 0 Å². The van der Waals surface area contributed by atoms with Crippen LogP contribution in [0, 0.1) is 6.92 Å². The lowest BCUT2D eigenvalue weighted by molar-refractivity contribution is -0.137. The molecule has 0 N–H and O–H groups in total. The smallest absolute Gasteiger partial charge is 0.306 e. The van der Waals surface area contributed by atoms with E-state index in [4.69, 9.17) is 11.6 Å². The van der Waals surface area contributed by atoms with Gasteiger partial charge in [0.05, 0.1) is 18.1 Å². The Labute approximate surface area is 117 Å². The Morgan fingerprint density at radius 1 is 1.35 bits per heavy atom. The van der Waals surface area contributed by atoms with E-state index in [1.807, 2.05) is 0 Å². The summed E-state index contributed by atoms with van der Waals surface area (Å²) < 4.78 is 53.9. The van der Waals surface area contributed by atoms with Gasteiger partial charge in [0.15, 0.2) is 5.65 Å². The Morgan fingerprint density at radius 3 is 2.50 bits per heavy atom. The van der Waals surface area contributed by atoms with Gasteiger partial charge in [-0.05, 0) is 13.8 Å². The molecule has 0 aromatic carbocycles. The largest absolute Gasteiger partial charge is 0.324 e. The summed E-state index contributed by atoms with van der Waals surface area (Å²) in [7, 11) is 0. The Hall–Kier alpha value is -1.31. The molecule has 0 fully saturated rings. The van der Waals surface area contributed by atoms with Crippen LogP contribution in [0.1, 0.15) is 18.4 Å². The summed E-state index contributed by atoms with van der Waals surface area (Å²) in [4.78, 5) is 4.11. The molecule has 0 aliphatic carbocycles. The van der Waals surface area contributed by atoms with Crippen molar-refractivity contribution in [2.45, 2.75) is 45.2 Å². The monoisotopic (exact) mass is 312 g/mol. The molecule has 9 heteroatoms. The van der Waals surface area contributed by atoms with Gasteiger partial charge in [-0.2, -0.15) is 13.9 Å². The van der Waals surface area contributed by atoms with Crippen molar-refractivity contribution in [3.63, 3.8) is 0 Å². The van der Waals surface area contributed by atoms with E-state index >= 15 is 0 Å². The fourth-order valence-corrected chi connectivity index (χ4v) is 2.24. The van der Waals surface area contributed by atoms with Gasteiger partial charge in [0.1, 0.15) is 11.3 Å². The number of aryl methyl sites for hydroxylation is 2. The summed E-state index contributed by atoms with van der Waals surface area (Å²) in [5, 5.41) is 4.14. The van der Waals surface area contributed by atoms with E-state index in [0.717, 1.165) is 4.57 Å². The van der Waals surface area contributed by atoms with Crippen LogP contribution in [0.25, 0.3) is 11.2 Å². The van der Waals surface area contributed by atoms with E-state index in [0.29, 0.717) is 23.4 Å². The van der Waals surface area contributed by atoms with Crippen LogP contribution in [0.2, 0.25) is 0 Å². The molecule has 0 aliphatic rings. The molecule has 0 saturated carbocycles. The highest BCUT2D eigenvalue weighted by atomic mass is 35.5. The third kappa shape index (κ3) is 2.36. The maximum atomic E-state index is 13.3. The molecule has 2 aromatic rings. The lowest BCUT2D eigenvalue weighted by Crippen LogP contribution is -2.33. The van der Waals surface area contributed by atoms with Crippen molar-refractivity contribution in [2.75, 3.05) is 0 Å². The topological polar surface area (TPSA) is 35.6 Å². The number of alkyl halides is 5. The molecule has 0 unspecified atom stereocenters. The molecule has 0 bridgehead atoms. The predicted octanol–water partition coefficient (Wildman–Crippen LogP) is 3.20. The van der Waals surface area contributed by atoms with Gasteiger partial charge in [0.25, 0.3) is 0 Å². The number of imidazole rings is 1. The first-order valence-electron chi connectivity index (χ1n) is 5.96. The van der Waals surface area contributed by atoms with E-state index in [1.165, 1.54) is 4.68 Å². The van der Waals surface area contributed by atoms with Gasteiger partial charge in [-0.25, -0.2) is 18.4 Å². The molecule has 0 spiro atoms. The zero-order valence-corrected chi connectivity index (χ0v) is 11.6. The van der Waals surface area contributed by atoms with Crippen molar-refractivity contribution in [2.24, 2.45) is 0 Å². The van der Waals surface area contributed by atoms with Crippen molar-refractivity contribution in [1.29, 1.82) is 0 Å². The number of halogens is 5. The molecule has 20 heavy (non-hydrogen) atoms. The Balaban J connectivity index is 2.60. The maximum Gasteiger partial charge on any atom is 0.324 e. The second-order valence-electron chi connectivity index (χ2n) is 4.38. The highest BCUT2D eigenvalue weighted by molar-refractivity contribution is 6.16. The molecule has 0 atom stereocenters. The van der Waals surface area contributed by atoms with E-state index in [-0.39, 0.29) is 11.7 Å². The maximum absolute atomic E-state index is 13.3. The van der Waals surface area contributed by atoms with Crippen LogP contribution < -0.4 is 0 Å². The fourth-order valence-electron chi connectivity index (χ4n) is 2.04. The summed E-state index contributed by atoms with van der Waals surface area (Å²) in [6, 6.07) is 0. The van der Waals surface area contributed by atoms with Gasteiger partial charge in [0.2, 0.25) is 0 Å². The van der Waals surface area contributed by atoms with Crippen molar-refractivity contribution in [3.05, 3.63) is 11.5 Å². The van der Waals surface area contributed by atoms with Crippen LogP contribution in [0.4, 0.5) is 17.6 Å². The average molecular weight is 313 g/mol. The number of fused-ring (bicyclic) bond motifs is 1. The third-order valence-corrected chi connectivity index (χ3v) is 3.22. The molecule has 4 nitrogen and oxygen atoms in total. The average Bonchev–Trinajstić information content (AvgIpc) is 2.88. The highest BCUT2D eigenvalue weighted by Crippen LogP contribution is 2.29. The van der Waals surface area contributed by atoms with Gasteiger partial charge in [-0.1, -0.05) is 0 Å². The third-order valence-electron chi connectivity index (χ3n) is 2.99. The van der Waals surface area contributed by atoms with E-state index in [2.05, 4.69) is 10.1 Å². The zero-order valence-electron chi connectivity index (χ0n) is 10.9. The van der Waals surface area contributed by atoms with Gasteiger partial charge in [-0.3, -0.25) is 0 Å². The summed E-state index contributed by atoms with van der Waals surface area (Å²) in [5.41, 5.74) is 1.25. The number of hydrogen-bond donors (Lipinski definition) is 0. The molecule has 0 amide bonds. The molecule has 0 aliphatic heterocycles. The zero-order chi connectivity index (χ0) is 15.1. The van der Waals surface area contributed by atoms with Gasteiger partial charge in [0, 0.05) is 6.54 Å². The van der Waals surface area contributed by atoms with E-state index in [9.17, 15) is 17.6 Å². The number of aromatic nitrogens is 4. The molecule has 0 radical (unpaired) electrons. The highest BCUT2D eigenvalue weighted by Gasteiger charge is 2.42. The molecular formula is C11H13ClF4N4. The summed E-state index contributed by atoms with van der Waals surface area (Å²) in [6.45, 7) is 2.69. The predicted molar refractivity (Wildman–Crippen MR) is 66.4 cm³/mol. The van der Waals surface area contributed by atoms with Crippen molar-refractivity contribution in [3.8, 4) is 0 Å². The van der Waals surface area contributed by atoms with Crippen molar-refractivity contribution < 1.29 is 17.6 Å². The first kappa shape index (κ1) is 15.1. The second-order valence-corrected chi connectivity index (χ2v) is 4.65. The Bertz CT molecular complexity index is 619. The molecule has 2 rings (SSSR count). The minimum Gasteiger partial charge on any atom is -0.306 e. The number of nitrogens with zero attached hydrogens (tertiary/aromatic N) is 4. The molecular weight excluding hydrogens is 300 g/mol. The molecule has 2 aromatic heterocycles. The first-order chi connectivity index (χ1) is 9.31. The number of rotatable bonds is 5. The fraction of sp³-hybridized carbons (Fsp3) is 0.636. The SMILES string of the molecule is CCn1nc(C)c2nc(CCl)n(CC(F)(F)C(F)F)c21. The lowest BCUT2D eigenvalue weighted by Gasteiger charge is -2.17. The van der Waals surface area contributed by atoms with Gasteiger partial charge < -0.3 is 4.57 Å².